The van der Waals surface area contributed by atoms with Crippen molar-refractivity contribution in [3.63, 3.8) is 0 Å². The van der Waals surface area contributed by atoms with Crippen molar-refractivity contribution in [1.29, 1.82) is 0 Å². The first-order chi connectivity index (χ1) is 7.54. The second kappa shape index (κ2) is 11.6. The van der Waals surface area contributed by atoms with E-state index in [1.807, 2.05) is 20.8 Å². The quantitative estimate of drug-likeness (QED) is 0.503. The predicted octanol–water partition coefficient (Wildman–Crippen LogP) is 0.165. The minimum Gasteiger partial charge on any atom is -1.00 e. The largest absolute Gasteiger partial charge is 1.00 e. The Bertz CT molecular complexity index is 263. The summed E-state index contributed by atoms with van der Waals surface area (Å²) in [6.07, 6.45) is 5.84. The van der Waals surface area contributed by atoms with Crippen LogP contribution < -0.4 is 51.4 Å². The van der Waals surface area contributed by atoms with Crippen molar-refractivity contribution < 1.29 is 67.5 Å². The normalized spacial score (nSPS) is 12.5. The van der Waals surface area contributed by atoms with Gasteiger partial charge in [-0.05, 0) is 31.3 Å². The fraction of sp³-hybridized carbons (Fsp3) is 0.692. The molecule has 1 unspecified atom stereocenters. The molecule has 1 atom stereocenters. The second-order valence-corrected chi connectivity index (χ2v) is 4.04. The van der Waals surface area contributed by atoms with Gasteiger partial charge in [0.1, 0.15) is 0 Å². The molecule has 0 aromatic heterocycles. The number of ketones is 1. The third-order valence-corrected chi connectivity index (χ3v) is 2.88. The minimum absolute atomic E-state index is 0. The van der Waals surface area contributed by atoms with Gasteiger partial charge in [0.15, 0.2) is 5.78 Å². The second-order valence-electron chi connectivity index (χ2n) is 4.04. The van der Waals surface area contributed by atoms with Crippen LogP contribution in [0.25, 0.3) is 0 Å². The van der Waals surface area contributed by atoms with Crippen LogP contribution in [-0.4, -0.2) is 16.9 Å². The summed E-state index contributed by atoms with van der Waals surface area (Å²) in [5.41, 5.74) is 0. The van der Waals surface area contributed by atoms with Crippen LogP contribution >= 0.6 is 0 Å². The summed E-state index contributed by atoms with van der Waals surface area (Å²) in [7, 11) is 0. The van der Waals surface area contributed by atoms with Gasteiger partial charge in [0.25, 0.3) is 0 Å². The number of hydrogen-bond donors (Lipinski definition) is 1. The number of hydrogen-bond acceptors (Lipinski definition) is 2. The maximum Gasteiger partial charge on any atom is 1.00 e. The molecule has 17 heavy (non-hydrogen) atoms. The van der Waals surface area contributed by atoms with Crippen LogP contribution in [0.1, 0.15) is 47.9 Å². The van der Waals surface area contributed by atoms with Crippen LogP contribution in [0.5, 0.6) is 0 Å². The van der Waals surface area contributed by atoms with Crippen LogP contribution in [0.15, 0.2) is 12.2 Å². The zero-order chi connectivity index (χ0) is 12.6. The van der Waals surface area contributed by atoms with E-state index in [1.54, 1.807) is 12.2 Å². The first-order valence-electron chi connectivity index (χ1n) is 5.98. The van der Waals surface area contributed by atoms with Gasteiger partial charge in [-0.25, -0.2) is 0 Å². The van der Waals surface area contributed by atoms with Crippen LogP contribution in [0.4, 0.5) is 0 Å². The zero-order valence-corrected chi connectivity index (χ0v) is 14.5. The van der Waals surface area contributed by atoms with E-state index in [1.165, 1.54) is 0 Å². The summed E-state index contributed by atoms with van der Waals surface area (Å²) in [5.74, 6) is -0.644. The third-order valence-electron chi connectivity index (χ3n) is 2.88. The monoisotopic (exact) mass is 266 g/mol. The van der Waals surface area contributed by atoms with E-state index in [-0.39, 0.29) is 76.9 Å². The number of carboxylic acid groups (broad SMARTS) is 1. The molecule has 0 aliphatic heterocycles. The molecule has 0 aliphatic rings. The van der Waals surface area contributed by atoms with Gasteiger partial charge in [-0.3, -0.25) is 9.59 Å². The molecule has 0 fully saturated rings. The number of carbonyl (C=O) groups excluding carboxylic acids is 1. The molecule has 0 aromatic carbocycles. The van der Waals surface area contributed by atoms with Crippen molar-refractivity contribution in [2.75, 3.05) is 0 Å². The number of carbonyl (C=O) groups is 2. The van der Waals surface area contributed by atoms with Crippen LogP contribution in [0.2, 0.25) is 0 Å². The third kappa shape index (κ3) is 9.14. The Morgan fingerprint density at radius 2 is 1.71 bits per heavy atom. The summed E-state index contributed by atoms with van der Waals surface area (Å²) in [5, 5.41) is 8.66. The molecule has 0 bridgehead atoms. The van der Waals surface area contributed by atoms with Gasteiger partial charge in [0.05, 0.1) is 6.42 Å². The van der Waals surface area contributed by atoms with Crippen LogP contribution in [0.3, 0.4) is 0 Å². The SMILES string of the molecule is CCC(/C=C\C(=O)C(CC)CC)CC(=O)O.[H-].[K+]. The summed E-state index contributed by atoms with van der Waals surface area (Å²) in [4.78, 5) is 22.2. The molecule has 4 heteroatoms. The van der Waals surface area contributed by atoms with Crippen LogP contribution in [0, 0.1) is 11.8 Å². The number of rotatable bonds is 8. The van der Waals surface area contributed by atoms with E-state index >= 15 is 0 Å². The van der Waals surface area contributed by atoms with Crippen molar-refractivity contribution in [2.24, 2.45) is 11.8 Å². The van der Waals surface area contributed by atoms with Gasteiger partial charge in [-0.2, -0.15) is 0 Å². The Morgan fingerprint density at radius 1 is 1.18 bits per heavy atom. The van der Waals surface area contributed by atoms with Crippen molar-refractivity contribution in [3.05, 3.63) is 12.2 Å². The Kier molecular flexibility index (Phi) is 13.5. The first kappa shape index (κ1) is 19.8. The molecule has 0 saturated heterocycles. The average Bonchev–Trinajstić information content (AvgIpc) is 2.25. The summed E-state index contributed by atoms with van der Waals surface area (Å²) >= 11 is 0. The fourth-order valence-corrected chi connectivity index (χ4v) is 1.63. The zero-order valence-electron chi connectivity index (χ0n) is 12.4. The van der Waals surface area contributed by atoms with Gasteiger partial charge in [0.2, 0.25) is 0 Å². The molecular weight excluding hydrogens is 243 g/mol. The molecule has 0 aromatic rings. The Morgan fingerprint density at radius 3 is 2.06 bits per heavy atom. The van der Waals surface area contributed by atoms with Gasteiger partial charge < -0.3 is 6.53 Å². The predicted molar refractivity (Wildman–Crippen MR) is 65.4 cm³/mol. The minimum atomic E-state index is -0.813. The van der Waals surface area contributed by atoms with Gasteiger partial charge in [0, 0.05) is 5.92 Å². The van der Waals surface area contributed by atoms with Crippen molar-refractivity contribution in [2.45, 2.75) is 46.5 Å². The number of aliphatic carboxylic acids is 1. The van der Waals surface area contributed by atoms with Gasteiger partial charge >= 0.3 is 57.4 Å². The van der Waals surface area contributed by atoms with E-state index in [0.29, 0.717) is 0 Å². The van der Waals surface area contributed by atoms with E-state index in [2.05, 4.69) is 0 Å². The molecule has 0 heterocycles. The molecule has 0 aliphatic carbocycles. The maximum atomic E-state index is 11.7. The Balaban J connectivity index is -0.00000112. The maximum absolute atomic E-state index is 11.7. The molecule has 94 valence electrons. The van der Waals surface area contributed by atoms with E-state index < -0.39 is 5.97 Å². The van der Waals surface area contributed by atoms with Gasteiger partial charge in [-0.15, -0.1) is 0 Å². The topological polar surface area (TPSA) is 54.4 Å². The summed E-state index contributed by atoms with van der Waals surface area (Å²) in [6.45, 7) is 5.92. The average molecular weight is 266 g/mol. The van der Waals surface area contributed by atoms with E-state index in [0.717, 1.165) is 19.3 Å². The smallest absolute Gasteiger partial charge is 1.00 e. The van der Waals surface area contributed by atoms with E-state index in [9.17, 15) is 9.59 Å². The number of carboxylic acids is 1. The summed E-state index contributed by atoms with van der Waals surface area (Å²) in [6, 6.07) is 0. The van der Waals surface area contributed by atoms with Crippen molar-refractivity contribution in [3.8, 4) is 0 Å². The first-order valence-corrected chi connectivity index (χ1v) is 5.98. The Labute approximate surface area is 148 Å². The molecule has 0 amide bonds. The molecule has 3 nitrogen and oxygen atoms in total. The molecule has 0 rings (SSSR count). The molecule has 0 saturated carbocycles. The standard InChI is InChI=1S/C13H22O3.K.H/c1-4-10(9-13(15)16)7-8-12(14)11(5-2)6-3;;/h7-8,10-11H,4-6,9H2,1-3H3,(H,15,16);;/q;+1;-1/b8-7-;;. The summed E-state index contributed by atoms with van der Waals surface area (Å²) < 4.78 is 0. The van der Waals surface area contributed by atoms with E-state index in [4.69, 9.17) is 5.11 Å². The van der Waals surface area contributed by atoms with Crippen molar-refractivity contribution in [1.82, 2.24) is 0 Å². The number of allylic oxidation sites excluding steroid dienone is 2. The fourth-order valence-electron chi connectivity index (χ4n) is 1.63. The molecule has 0 radical (unpaired) electrons. The van der Waals surface area contributed by atoms with Crippen LogP contribution in [-0.2, 0) is 9.59 Å². The molecule has 1 N–H and O–H groups in total. The molecular formula is C13H23KO3. The molecule has 0 spiro atoms. The van der Waals surface area contributed by atoms with Gasteiger partial charge in [-0.1, -0.05) is 26.8 Å². The van der Waals surface area contributed by atoms with Crippen molar-refractivity contribution >= 4 is 11.8 Å². The Hall–Kier alpha value is 0.516.